The van der Waals surface area contributed by atoms with E-state index in [1.165, 1.54) is 12.1 Å². The van der Waals surface area contributed by atoms with Crippen LogP contribution in [0.15, 0.2) is 42.5 Å². The maximum atomic E-state index is 11.0. The van der Waals surface area contributed by atoms with E-state index in [1.807, 2.05) is 0 Å². The molecule has 2 aromatic rings. The fourth-order valence-corrected chi connectivity index (χ4v) is 2.06. The van der Waals surface area contributed by atoms with Gasteiger partial charge in [0.1, 0.15) is 5.69 Å². The average Bonchev–Trinajstić information content (AvgIpc) is 2.45. The average molecular weight is 287 g/mol. The lowest BCUT2D eigenvalue weighted by molar-refractivity contribution is -0.385. The highest BCUT2D eigenvalue weighted by Gasteiger charge is 2.17. The van der Waals surface area contributed by atoms with E-state index >= 15 is 0 Å². The number of hydrogen-bond donors (Lipinski definition) is 1. The second-order valence-electron chi connectivity index (χ2n) is 4.47. The number of nitrogens with one attached hydrogen (secondary N) is 1. The highest BCUT2D eigenvalue weighted by Crippen LogP contribution is 2.29. The normalized spacial score (nSPS) is 10.1. The van der Waals surface area contributed by atoms with Crippen LogP contribution in [0.3, 0.4) is 0 Å². The van der Waals surface area contributed by atoms with Crippen molar-refractivity contribution in [2.24, 2.45) is 0 Å². The highest BCUT2D eigenvalue weighted by atomic mass is 16.6. The van der Waals surface area contributed by atoms with Crippen molar-refractivity contribution in [1.82, 2.24) is 0 Å². The lowest BCUT2D eigenvalue weighted by atomic mass is 10.1. The number of rotatable bonds is 5. The number of aryl methyl sites for hydroxylation is 1. The highest BCUT2D eigenvalue weighted by molar-refractivity contribution is 5.66. The van der Waals surface area contributed by atoms with Crippen molar-refractivity contribution in [1.29, 1.82) is 0 Å². The lowest BCUT2D eigenvalue weighted by Gasteiger charge is -2.10. The molecular formula is C14H13N3O4. The second-order valence-corrected chi connectivity index (χ2v) is 4.47. The molecule has 0 aliphatic rings. The molecule has 0 radical (unpaired) electrons. The van der Waals surface area contributed by atoms with Crippen LogP contribution in [0.25, 0.3) is 0 Å². The third-order valence-corrected chi connectivity index (χ3v) is 3.09. The van der Waals surface area contributed by atoms with Crippen LogP contribution in [0, 0.1) is 27.2 Å². The number of anilines is 1. The zero-order valence-electron chi connectivity index (χ0n) is 11.3. The van der Waals surface area contributed by atoms with Crippen LogP contribution in [0.4, 0.5) is 17.1 Å². The third kappa shape index (κ3) is 3.14. The quantitative estimate of drug-likeness (QED) is 0.671. The van der Waals surface area contributed by atoms with Gasteiger partial charge < -0.3 is 5.32 Å². The standard InChI is InChI=1S/C14H13N3O4/c1-10-5-4-8-13(17(20)21)14(10)15-9-11-6-2-3-7-12(11)16(18)19/h2-8,15H,9H2,1H3. The topological polar surface area (TPSA) is 98.3 Å². The number of nitro groups is 2. The van der Waals surface area contributed by atoms with Crippen molar-refractivity contribution in [3.8, 4) is 0 Å². The predicted octanol–water partition coefficient (Wildman–Crippen LogP) is 3.42. The Labute approximate surface area is 120 Å². The van der Waals surface area contributed by atoms with Crippen molar-refractivity contribution < 1.29 is 9.85 Å². The Balaban J connectivity index is 2.29. The van der Waals surface area contributed by atoms with Gasteiger partial charge in [0.05, 0.1) is 9.85 Å². The Morgan fingerprint density at radius 3 is 2.24 bits per heavy atom. The number of benzene rings is 2. The van der Waals surface area contributed by atoms with Crippen molar-refractivity contribution >= 4 is 17.1 Å². The van der Waals surface area contributed by atoms with E-state index < -0.39 is 9.85 Å². The smallest absolute Gasteiger partial charge is 0.292 e. The molecule has 0 aromatic heterocycles. The minimum Gasteiger partial charge on any atom is -0.375 e. The summed E-state index contributed by atoms with van der Waals surface area (Å²) in [6, 6.07) is 11.0. The molecule has 0 saturated heterocycles. The summed E-state index contributed by atoms with van der Waals surface area (Å²) in [5.74, 6) is 0. The van der Waals surface area contributed by atoms with Gasteiger partial charge >= 0.3 is 0 Å². The lowest BCUT2D eigenvalue weighted by Crippen LogP contribution is -2.06. The third-order valence-electron chi connectivity index (χ3n) is 3.09. The number of nitro benzene ring substituents is 2. The largest absolute Gasteiger partial charge is 0.375 e. The van der Waals surface area contributed by atoms with Gasteiger partial charge in [-0.05, 0) is 12.5 Å². The molecule has 1 N–H and O–H groups in total. The van der Waals surface area contributed by atoms with Gasteiger partial charge in [-0.2, -0.15) is 0 Å². The van der Waals surface area contributed by atoms with Gasteiger partial charge in [0.15, 0.2) is 0 Å². The SMILES string of the molecule is Cc1cccc([N+](=O)[O-])c1NCc1ccccc1[N+](=O)[O-]. The van der Waals surface area contributed by atoms with E-state index in [1.54, 1.807) is 37.3 Å². The first-order valence-electron chi connectivity index (χ1n) is 6.21. The van der Waals surface area contributed by atoms with Crippen molar-refractivity contribution in [3.05, 3.63) is 73.8 Å². The Kier molecular flexibility index (Phi) is 4.13. The fourth-order valence-electron chi connectivity index (χ4n) is 2.06. The predicted molar refractivity (Wildman–Crippen MR) is 78.3 cm³/mol. The van der Waals surface area contributed by atoms with Crippen molar-refractivity contribution in [2.75, 3.05) is 5.32 Å². The first kappa shape index (κ1) is 14.4. The van der Waals surface area contributed by atoms with E-state index in [9.17, 15) is 20.2 Å². The zero-order valence-corrected chi connectivity index (χ0v) is 11.3. The van der Waals surface area contributed by atoms with Gasteiger partial charge in [0, 0.05) is 24.2 Å². The zero-order chi connectivity index (χ0) is 15.4. The van der Waals surface area contributed by atoms with Crippen LogP contribution in [-0.2, 0) is 6.54 Å². The van der Waals surface area contributed by atoms with Gasteiger partial charge in [-0.25, -0.2) is 0 Å². The first-order chi connectivity index (χ1) is 10.0. The van der Waals surface area contributed by atoms with Gasteiger partial charge in [-0.15, -0.1) is 0 Å². The van der Waals surface area contributed by atoms with Gasteiger partial charge in [-0.1, -0.05) is 30.3 Å². The maximum Gasteiger partial charge on any atom is 0.292 e. The Morgan fingerprint density at radius 2 is 1.57 bits per heavy atom. The van der Waals surface area contributed by atoms with E-state index in [-0.39, 0.29) is 17.9 Å². The van der Waals surface area contributed by atoms with Crippen LogP contribution >= 0.6 is 0 Å². The maximum absolute atomic E-state index is 11.0. The van der Waals surface area contributed by atoms with E-state index in [0.717, 1.165) is 0 Å². The Morgan fingerprint density at radius 1 is 0.952 bits per heavy atom. The molecular weight excluding hydrogens is 274 g/mol. The molecule has 0 unspecified atom stereocenters. The van der Waals surface area contributed by atoms with E-state index in [0.29, 0.717) is 16.8 Å². The van der Waals surface area contributed by atoms with E-state index in [2.05, 4.69) is 5.32 Å². The molecule has 7 nitrogen and oxygen atoms in total. The molecule has 0 aliphatic heterocycles. The molecule has 7 heteroatoms. The molecule has 108 valence electrons. The number of hydrogen-bond acceptors (Lipinski definition) is 5. The summed E-state index contributed by atoms with van der Waals surface area (Å²) in [5.41, 5.74) is 1.50. The molecule has 0 spiro atoms. The van der Waals surface area contributed by atoms with Crippen LogP contribution in [0.2, 0.25) is 0 Å². The molecule has 0 aliphatic carbocycles. The minimum atomic E-state index is -0.477. The van der Waals surface area contributed by atoms with E-state index in [4.69, 9.17) is 0 Å². The summed E-state index contributed by atoms with van der Waals surface area (Å²) < 4.78 is 0. The molecule has 21 heavy (non-hydrogen) atoms. The van der Waals surface area contributed by atoms with Gasteiger partial charge in [-0.3, -0.25) is 20.2 Å². The van der Waals surface area contributed by atoms with Gasteiger partial charge in [0.2, 0.25) is 0 Å². The molecule has 0 bridgehead atoms. The molecule has 0 fully saturated rings. The van der Waals surface area contributed by atoms with Crippen LogP contribution < -0.4 is 5.32 Å². The van der Waals surface area contributed by atoms with Crippen molar-refractivity contribution in [3.63, 3.8) is 0 Å². The fraction of sp³-hybridized carbons (Fsp3) is 0.143. The summed E-state index contributed by atoms with van der Waals surface area (Å²) >= 11 is 0. The van der Waals surface area contributed by atoms with Gasteiger partial charge in [0.25, 0.3) is 11.4 Å². The van der Waals surface area contributed by atoms with Crippen molar-refractivity contribution in [2.45, 2.75) is 13.5 Å². The molecule has 2 aromatic carbocycles. The molecule has 0 atom stereocenters. The summed E-state index contributed by atoms with van der Waals surface area (Å²) in [6.45, 7) is 1.89. The molecule has 0 amide bonds. The van der Waals surface area contributed by atoms with Crippen LogP contribution in [-0.4, -0.2) is 9.85 Å². The number of para-hydroxylation sites is 2. The summed E-state index contributed by atoms with van der Waals surface area (Å²) in [4.78, 5) is 21.0. The second kappa shape index (κ2) is 6.00. The summed E-state index contributed by atoms with van der Waals surface area (Å²) in [7, 11) is 0. The Hall–Kier alpha value is -2.96. The molecule has 0 heterocycles. The monoisotopic (exact) mass is 287 g/mol. The van der Waals surface area contributed by atoms with Crippen LogP contribution in [0.5, 0.6) is 0 Å². The first-order valence-corrected chi connectivity index (χ1v) is 6.21. The minimum absolute atomic E-state index is 0.0127. The molecule has 0 saturated carbocycles. The molecule has 2 rings (SSSR count). The Bertz CT molecular complexity index is 700. The number of nitrogens with zero attached hydrogens (tertiary/aromatic N) is 2. The summed E-state index contributed by atoms with van der Waals surface area (Å²) in [6.07, 6.45) is 0. The summed E-state index contributed by atoms with van der Waals surface area (Å²) in [5, 5.41) is 24.9. The van der Waals surface area contributed by atoms with Crippen LogP contribution in [0.1, 0.15) is 11.1 Å².